The van der Waals surface area contributed by atoms with E-state index in [2.05, 4.69) is 10.2 Å². The first-order valence-electron chi connectivity index (χ1n) is 14.0. The highest BCUT2D eigenvalue weighted by Crippen LogP contribution is 2.30. The number of nitrogens with one attached hydrogen (secondary N) is 1. The fourth-order valence-electron chi connectivity index (χ4n) is 5.00. The van der Waals surface area contributed by atoms with Gasteiger partial charge in [-0.2, -0.15) is 13.2 Å². The highest BCUT2D eigenvalue weighted by molar-refractivity contribution is 6.06. The Balaban J connectivity index is 1.56. The number of halogens is 3. The summed E-state index contributed by atoms with van der Waals surface area (Å²) in [6, 6.07) is 16.5. The quantitative estimate of drug-likeness (QED) is 0.367. The van der Waals surface area contributed by atoms with Gasteiger partial charge in [0.15, 0.2) is 0 Å². The molecule has 1 fully saturated rings. The smallest absolute Gasteiger partial charge is 0.369 e. The van der Waals surface area contributed by atoms with Gasteiger partial charge < -0.3 is 20.0 Å². The van der Waals surface area contributed by atoms with Gasteiger partial charge >= 0.3 is 6.18 Å². The Morgan fingerprint density at radius 3 is 2.10 bits per heavy atom. The third-order valence-electron chi connectivity index (χ3n) is 7.43. The van der Waals surface area contributed by atoms with Crippen LogP contribution in [0, 0.1) is 6.92 Å². The Labute approximate surface area is 243 Å². The van der Waals surface area contributed by atoms with Crippen molar-refractivity contribution in [2.45, 2.75) is 33.4 Å². The van der Waals surface area contributed by atoms with E-state index >= 15 is 0 Å². The van der Waals surface area contributed by atoms with Gasteiger partial charge in [0.2, 0.25) is 0 Å². The van der Waals surface area contributed by atoms with Crippen LogP contribution in [0.25, 0.3) is 0 Å². The van der Waals surface area contributed by atoms with Crippen molar-refractivity contribution in [3.63, 3.8) is 0 Å². The summed E-state index contributed by atoms with van der Waals surface area (Å²) in [4.78, 5) is 45.2. The number of aryl methyl sites for hydroxylation is 1. The summed E-state index contributed by atoms with van der Waals surface area (Å²) in [5, 5.41) is 2.71. The van der Waals surface area contributed by atoms with Gasteiger partial charge in [-0.05, 0) is 81.8 Å². The standard InChI is InChI=1S/C32H35F3N4O3/c1-4-37(5-2)31(42)27-21-26(36-29(40)23-11-13-25(14-12-23)32(33,34)35)15-16-28(27)38-17-6-18-39(20-19-38)30(41)24-9-7-22(3)8-10-24/h7-16,21H,4-6,17-20H2,1-3H3,(H,36,40). The summed E-state index contributed by atoms with van der Waals surface area (Å²) in [6.07, 6.45) is -3.79. The summed E-state index contributed by atoms with van der Waals surface area (Å²) in [7, 11) is 0. The summed E-state index contributed by atoms with van der Waals surface area (Å²) in [6.45, 7) is 8.96. The first-order chi connectivity index (χ1) is 20.0. The number of amides is 3. The van der Waals surface area contributed by atoms with E-state index in [1.165, 1.54) is 0 Å². The summed E-state index contributed by atoms with van der Waals surface area (Å²) >= 11 is 0. The van der Waals surface area contributed by atoms with Crippen molar-refractivity contribution < 1.29 is 27.6 Å². The average molecular weight is 581 g/mol. The molecule has 7 nitrogen and oxygen atoms in total. The highest BCUT2D eigenvalue weighted by Gasteiger charge is 2.30. The fraction of sp³-hybridized carbons (Fsp3) is 0.344. The van der Waals surface area contributed by atoms with Crippen molar-refractivity contribution in [3.05, 3.63) is 94.5 Å². The molecule has 0 atom stereocenters. The van der Waals surface area contributed by atoms with Crippen LogP contribution in [0.3, 0.4) is 0 Å². The largest absolute Gasteiger partial charge is 0.416 e. The van der Waals surface area contributed by atoms with E-state index in [0.717, 1.165) is 29.8 Å². The van der Waals surface area contributed by atoms with Crippen molar-refractivity contribution in [2.75, 3.05) is 49.5 Å². The molecule has 222 valence electrons. The van der Waals surface area contributed by atoms with Crippen LogP contribution in [0.4, 0.5) is 24.5 Å². The van der Waals surface area contributed by atoms with Crippen LogP contribution in [0.15, 0.2) is 66.7 Å². The molecule has 0 saturated carbocycles. The Bertz CT molecular complexity index is 1420. The second kappa shape index (κ2) is 13.1. The minimum atomic E-state index is -4.50. The number of alkyl halides is 3. The molecule has 1 heterocycles. The number of rotatable bonds is 7. The van der Waals surface area contributed by atoms with Gasteiger partial charge in [0, 0.05) is 61.8 Å². The Hall–Kier alpha value is -4.34. The van der Waals surface area contributed by atoms with Gasteiger partial charge in [0.1, 0.15) is 0 Å². The molecule has 0 unspecified atom stereocenters. The second-order valence-corrected chi connectivity index (χ2v) is 10.2. The minimum Gasteiger partial charge on any atom is -0.369 e. The van der Waals surface area contributed by atoms with Crippen molar-refractivity contribution in [1.82, 2.24) is 9.80 Å². The molecule has 3 amide bonds. The zero-order valence-corrected chi connectivity index (χ0v) is 24.0. The highest BCUT2D eigenvalue weighted by atomic mass is 19.4. The van der Waals surface area contributed by atoms with Gasteiger partial charge in [-0.3, -0.25) is 14.4 Å². The molecular weight excluding hydrogens is 545 g/mol. The van der Waals surface area contributed by atoms with Crippen LogP contribution in [0.1, 0.15) is 62.5 Å². The van der Waals surface area contributed by atoms with Gasteiger partial charge in [-0.1, -0.05) is 17.7 Å². The maximum atomic E-state index is 13.6. The number of nitrogens with zero attached hydrogens (tertiary/aromatic N) is 3. The van der Waals surface area contributed by atoms with Crippen LogP contribution in [0.2, 0.25) is 0 Å². The summed E-state index contributed by atoms with van der Waals surface area (Å²) in [5.41, 5.74) is 2.40. The SMILES string of the molecule is CCN(CC)C(=O)c1cc(NC(=O)c2ccc(C(F)(F)F)cc2)ccc1N1CCCN(C(=O)c2ccc(C)cc2)CC1. The fourth-order valence-corrected chi connectivity index (χ4v) is 5.00. The Kier molecular flexibility index (Phi) is 9.55. The number of carbonyl (C=O) groups is 3. The molecule has 3 aromatic carbocycles. The maximum absolute atomic E-state index is 13.6. The lowest BCUT2D eigenvalue weighted by atomic mass is 10.1. The molecule has 1 N–H and O–H groups in total. The van der Waals surface area contributed by atoms with E-state index in [1.807, 2.05) is 49.9 Å². The van der Waals surface area contributed by atoms with Crippen molar-refractivity contribution >= 4 is 29.1 Å². The van der Waals surface area contributed by atoms with Crippen LogP contribution >= 0.6 is 0 Å². The minimum absolute atomic E-state index is 0.0300. The molecule has 0 spiro atoms. The first-order valence-corrected chi connectivity index (χ1v) is 14.0. The maximum Gasteiger partial charge on any atom is 0.416 e. The molecule has 42 heavy (non-hydrogen) atoms. The molecule has 0 aromatic heterocycles. The molecule has 10 heteroatoms. The molecular formula is C32H35F3N4O3. The van der Waals surface area contributed by atoms with Gasteiger partial charge in [-0.25, -0.2) is 0 Å². The number of benzene rings is 3. The predicted octanol–water partition coefficient (Wildman–Crippen LogP) is 6.10. The lowest BCUT2D eigenvalue weighted by molar-refractivity contribution is -0.137. The number of hydrogen-bond donors (Lipinski definition) is 1. The topological polar surface area (TPSA) is 73.0 Å². The van der Waals surface area contributed by atoms with Crippen LogP contribution < -0.4 is 10.2 Å². The monoisotopic (exact) mass is 580 g/mol. The van der Waals surface area contributed by atoms with E-state index < -0.39 is 17.6 Å². The van der Waals surface area contributed by atoms with Crippen molar-refractivity contribution in [2.24, 2.45) is 0 Å². The summed E-state index contributed by atoms with van der Waals surface area (Å²) < 4.78 is 38.8. The van der Waals surface area contributed by atoms with Crippen molar-refractivity contribution in [1.29, 1.82) is 0 Å². The average Bonchev–Trinajstić information content (AvgIpc) is 3.24. The lowest BCUT2D eigenvalue weighted by Gasteiger charge is -2.28. The van der Waals surface area contributed by atoms with Crippen LogP contribution in [-0.4, -0.2) is 66.8 Å². The number of anilines is 2. The second-order valence-electron chi connectivity index (χ2n) is 10.2. The Morgan fingerprint density at radius 1 is 0.833 bits per heavy atom. The zero-order chi connectivity index (χ0) is 30.4. The van der Waals surface area contributed by atoms with Gasteiger partial charge in [0.05, 0.1) is 11.1 Å². The zero-order valence-electron chi connectivity index (χ0n) is 24.0. The van der Waals surface area contributed by atoms with Crippen molar-refractivity contribution in [3.8, 4) is 0 Å². The molecule has 0 aliphatic carbocycles. The molecule has 1 aliphatic heterocycles. The summed E-state index contributed by atoms with van der Waals surface area (Å²) in [5.74, 6) is -0.812. The number of carbonyl (C=O) groups excluding carboxylic acids is 3. The van der Waals surface area contributed by atoms with E-state index in [1.54, 1.807) is 23.1 Å². The normalized spacial score (nSPS) is 13.9. The molecule has 3 aromatic rings. The first kappa shape index (κ1) is 30.6. The predicted molar refractivity (Wildman–Crippen MR) is 157 cm³/mol. The molecule has 1 aliphatic rings. The van der Waals surface area contributed by atoms with E-state index in [0.29, 0.717) is 68.2 Å². The molecule has 0 radical (unpaired) electrons. The van der Waals surface area contributed by atoms with E-state index in [-0.39, 0.29) is 17.4 Å². The Morgan fingerprint density at radius 2 is 1.48 bits per heavy atom. The van der Waals surface area contributed by atoms with Gasteiger partial charge in [0.25, 0.3) is 17.7 Å². The van der Waals surface area contributed by atoms with E-state index in [4.69, 9.17) is 0 Å². The third kappa shape index (κ3) is 7.10. The molecule has 4 rings (SSSR count). The van der Waals surface area contributed by atoms with Crippen LogP contribution in [0.5, 0.6) is 0 Å². The molecule has 1 saturated heterocycles. The van der Waals surface area contributed by atoms with E-state index in [9.17, 15) is 27.6 Å². The van der Waals surface area contributed by atoms with Crippen LogP contribution in [-0.2, 0) is 6.18 Å². The lowest BCUT2D eigenvalue weighted by Crippen LogP contribution is -2.36. The number of hydrogen-bond acceptors (Lipinski definition) is 4. The van der Waals surface area contributed by atoms with Gasteiger partial charge in [-0.15, -0.1) is 0 Å². The molecule has 0 bridgehead atoms. The third-order valence-corrected chi connectivity index (χ3v) is 7.43.